The van der Waals surface area contributed by atoms with E-state index in [0.29, 0.717) is 6.54 Å². The number of H-pyrrole nitrogens is 1. The van der Waals surface area contributed by atoms with Gasteiger partial charge in [-0.15, -0.1) is 5.10 Å². The standard InChI is InChI=1S/C16H26N4/c1-4-6-7-12(5-2)8-13-9-15-16(19-20-18-15)11(3)14(13)10-17/h9,12H,4-8,10,17H2,1-3H3,(H,18,19,20). The van der Waals surface area contributed by atoms with Crippen molar-refractivity contribution in [3.8, 4) is 0 Å². The summed E-state index contributed by atoms with van der Waals surface area (Å²) in [5.74, 6) is 0.744. The van der Waals surface area contributed by atoms with Crippen molar-refractivity contribution >= 4 is 11.0 Å². The molecule has 0 saturated heterocycles. The van der Waals surface area contributed by atoms with Crippen LogP contribution in [0.25, 0.3) is 11.0 Å². The summed E-state index contributed by atoms with van der Waals surface area (Å²) in [4.78, 5) is 0. The first-order valence-electron chi connectivity index (χ1n) is 7.73. The van der Waals surface area contributed by atoms with Crippen LogP contribution in [0.5, 0.6) is 0 Å². The number of aromatic amines is 1. The number of aromatic nitrogens is 3. The third-order valence-corrected chi connectivity index (χ3v) is 4.35. The van der Waals surface area contributed by atoms with Crippen LogP contribution in [-0.2, 0) is 13.0 Å². The zero-order valence-corrected chi connectivity index (χ0v) is 12.9. The summed E-state index contributed by atoms with van der Waals surface area (Å²) in [7, 11) is 0. The average molecular weight is 274 g/mol. The number of hydrogen-bond acceptors (Lipinski definition) is 3. The van der Waals surface area contributed by atoms with Gasteiger partial charge in [-0.2, -0.15) is 0 Å². The molecule has 0 fully saturated rings. The van der Waals surface area contributed by atoms with Crippen molar-refractivity contribution < 1.29 is 0 Å². The Kier molecular flexibility index (Phi) is 5.12. The molecule has 2 aromatic rings. The van der Waals surface area contributed by atoms with Crippen LogP contribution >= 0.6 is 0 Å². The maximum Gasteiger partial charge on any atom is 0.116 e. The van der Waals surface area contributed by atoms with Gasteiger partial charge in [-0.05, 0) is 42.0 Å². The molecule has 0 radical (unpaired) electrons. The second-order valence-electron chi connectivity index (χ2n) is 5.67. The normalized spacial score (nSPS) is 13.0. The first-order chi connectivity index (χ1) is 9.71. The number of rotatable bonds is 7. The van der Waals surface area contributed by atoms with Crippen LogP contribution in [0.3, 0.4) is 0 Å². The zero-order valence-electron chi connectivity index (χ0n) is 12.9. The SMILES string of the molecule is CCCCC(CC)Cc1cc2[nH]nnc2c(C)c1CN. The monoisotopic (exact) mass is 274 g/mol. The van der Waals surface area contributed by atoms with E-state index in [1.165, 1.54) is 42.4 Å². The first kappa shape index (κ1) is 15.0. The molecule has 0 aliphatic rings. The third kappa shape index (κ3) is 3.01. The van der Waals surface area contributed by atoms with Crippen molar-refractivity contribution in [3.63, 3.8) is 0 Å². The molecule has 0 spiro atoms. The molecular weight excluding hydrogens is 248 g/mol. The number of hydrogen-bond donors (Lipinski definition) is 2. The maximum absolute atomic E-state index is 5.97. The number of aryl methyl sites for hydroxylation is 1. The molecule has 1 aromatic carbocycles. The number of nitrogens with two attached hydrogens (primary N) is 1. The number of fused-ring (bicyclic) bond motifs is 1. The van der Waals surface area contributed by atoms with Crippen molar-refractivity contribution in [1.82, 2.24) is 15.4 Å². The molecule has 0 aliphatic carbocycles. The minimum atomic E-state index is 0.578. The lowest BCUT2D eigenvalue weighted by atomic mass is 9.88. The average Bonchev–Trinajstić information content (AvgIpc) is 2.92. The minimum absolute atomic E-state index is 0.578. The minimum Gasteiger partial charge on any atom is -0.326 e. The Labute approximate surface area is 121 Å². The van der Waals surface area contributed by atoms with E-state index in [9.17, 15) is 0 Å². The maximum atomic E-state index is 5.97. The molecule has 0 saturated carbocycles. The molecule has 4 heteroatoms. The summed E-state index contributed by atoms with van der Waals surface area (Å²) in [5.41, 5.74) is 11.8. The van der Waals surface area contributed by atoms with Gasteiger partial charge < -0.3 is 5.73 Å². The predicted octanol–water partition coefficient (Wildman–Crippen LogP) is 3.48. The number of nitrogens with zero attached hydrogens (tertiary/aromatic N) is 2. The highest BCUT2D eigenvalue weighted by Gasteiger charge is 2.15. The summed E-state index contributed by atoms with van der Waals surface area (Å²) < 4.78 is 0. The van der Waals surface area contributed by atoms with Gasteiger partial charge in [-0.1, -0.05) is 44.7 Å². The number of benzene rings is 1. The smallest absolute Gasteiger partial charge is 0.116 e. The second-order valence-corrected chi connectivity index (χ2v) is 5.67. The van der Waals surface area contributed by atoms with Crippen LogP contribution < -0.4 is 5.73 Å². The molecule has 2 rings (SSSR count). The fraction of sp³-hybridized carbons (Fsp3) is 0.625. The fourth-order valence-corrected chi connectivity index (χ4v) is 2.98. The van der Waals surface area contributed by atoms with Gasteiger partial charge in [0.15, 0.2) is 0 Å². The molecule has 20 heavy (non-hydrogen) atoms. The molecule has 1 aromatic heterocycles. The molecule has 4 nitrogen and oxygen atoms in total. The Bertz CT molecular complexity index is 559. The van der Waals surface area contributed by atoms with Crippen LogP contribution in [0, 0.1) is 12.8 Å². The molecule has 1 atom stereocenters. The molecule has 0 aliphatic heterocycles. The van der Waals surface area contributed by atoms with E-state index in [4.69, 9.17) is 5.73 Å². The molecule has 3 N–H and O–H groups in total. The van der Waals surface area contributed by atoms with Crippen LogP contribution in [0.1, 0.15) is 56.2 Å². The summed E-state index contributed by atoms with van der Waals surface area (Å²) in [5, 5.41) is 11.1. The van der Waals surface area contributed by atoms with Gasteiger partial charge in [-0.25, -0.2) is 0 Å². The van der Waals surface area contributed by atoms with Gasteiger partial charge >= 0.3 is 0 Å². The summed E-state index contributed by atoms with van der Waals surface area (Å²) in [6, 6.07) is 2.19. The zero-order chi connectivity index (χ0) is 14.5. The van der Waals surface area contributed by atoms with Crippen LogP contribution in [0.4, 0.5) is 0 Å². The molecule has 110 valence electrons. The highest BCUT2D eigenvalue weighted by molar-refractivity contribution is 5.79. The Morgan fingerprint density at radius 2 is 2.15 bits per heavy atom. The van der Waals surface area contributed by atoms with Crippen molar-refractivity contribution in [1.29, 1.82) is 0 Å². The Morgan fingerprint density at radius 1 is 1.35 bits per heavy atom. The Morgan fingerprint density at radius 3 is 2.80 bits per heavy atom. The predicted molar refractivity (Wildman–Crippen MR) is 83.5 cm³/mol. The van der Waals surface area contributed by atoms with Crippen molar-refractivity contribution in [2.45, 2.75) is 59.4 Å². The summed E-state index contributed by atoms with van der Waals surface area (Å²) >= 11 is 0. The lowest BCUT2D eigenvalue weighted by Crippen LogP contribution is -2.10. The third-order valence-electron chi connectivity index (χ3n) is 4.35. The van der Waals surface area contributed by atoms with Crippen molar-refractivity contribution in [3.05, 3.63) is 22.8 Å². The highest BCUT2D eigenvalue weighted by Crippen LogP contribution is 2.27. The van der Waals surface area contributed by atoms with Crippen molar-refractivity contribution in [2.24, 2.45) is 11.7 Å². The topological polar surface area (TPSA) is 67.6 Å². The molecule has 0 amide bonds. The lowest BCUT2D eigenvalue weighted by molar-refractivity contribution is 0.448. The van der Waals surface area contributed by atoms with Crippen molar-refractivity contribution in [2.75, 3.05) is 0 Å². The second kappa shape index (κ2) is 6.84. The summed E-state index contributed by atoms with van der Waals surface area (Å²) in [6.07, 6.45) is 6.21. The van der Waals surface area contributed by atoms with Crippen LogP contribution in [-0.4, -0.2) is 15.4 Å². The molecule has 0 bridgehead atoms. The van der Waals surface area contributed by atoms with Crippen LogP contribution in [0.15, 0.2) is 6.07 Å². The van der Waals surface area contributed by atoms with Gasteiger partial charge in [0.05, 0.1) is 5.52 Å². The van der Waals surface area contributed by atoms with Gasteiger partial charge in [0.25, 0.3) is 0 Å². The van der Waals surface area contributed by atoms with E-state index in [1.807, 2.05) is 0 Å². The van der Waals surface area contributed by atoms with E-state index in [0.717, 1.165) is 23.4 Å². The van der Waals surface area contributed by atoms with Crippen LogP contribution in [0.2, 0.25) is 0 Å². The number of nitrogens with one attached hydrogen (secondary N) is 1. The van der Waals surface area contributed by atoms with Gasteiger partial charge in [0.2, 0.25) is 0 Å². The Balaban J connectivity index is 2.31. The first-order valence-corrected chi connectivity index (χ1v) is 7.73. The molecule has 1 unspecified atom stereocenters. The quantitative estimate of drug-likeness (QED) is 0.812. The van der Waals surface area contributed by atoms with E-state index in [-0.39, 0.29) is 0 Å². The summed E-state index contributed by atoms with van der Waals surface area (Å²) in [6.45, 7) is 7.22. The Hall–Kier alpha value is -1.42. The number of unbranched alkanes of at least 4 members (excludes halogenated alkanes) is 1. The molecular formula is C16H26N4. The van der Waals surface area contributed by atoms with Gasteiger partial charge in [0.1, 0.15) is 5.52 Å². The largest absolute Gasteiger partial charge is 0.326 e. The van der Waals surface area contributed by atoms with Gasteiger partial charge in [-0.3, -0.25) is 5.10 Å². The highest BCUT2D eigenvalue weighted by atomic mass is 15.3. The lowest BCUT2D eigenvalue weighted by Gasteiger charge is -2.18. The van der Waals surface area contributed by atoms with E-state index < -0.39 is 0 Å². The van der Waals surface area contributed by atoms with E-state index in [2.05, 4.69) is 42.2 Å². The molecule has 1 heterocycles. The van der Waals surface area contributed by atoms with E-state index >= 15 is 0 Å². The van der Waals surface area contributed by atoms with E-state index in [1.54, 1.807) is 0 Å². The van der Waals surface area contributed by atoms with Gasteiger partial charge in [0, 0.05) is 6.54 Å². The fourth-order valence-electron chi connectivity index (χ4n) is 2.98.